The quantitative estimate of drug-likeness (QED) is 0.830. The van der Waals surface area contributed by atoms with E-state index in [4.69, 9.17) is 10.5 Å². The van der Waals surface area contributed by atoms with Crippen molar-refractivity contribution in [1.29, 1.82) is 0 Å². The first-order valence-corrected chi connectivity index (χ1v) is 5.80. The van der Waals surface area contributed by atoms with E-state index in [0.717, 1.165) is 5.75 Å². The van der Waals surface area contributed by atoms with Gasteiger partial charge in [0.2, 0.25) is 0 Å². The highest BCUT2D eigenvalue weighted by Gasteiger charge is 2.56. The third-order valence-corrected chi connectivity index (χ3v) is 3.96. The summed E-state index contributed by atoms with van der Waals surface area (Å²) in [5, 5.41) is 0. The third-order valence-electron chi connectivity index (χ3n) is 3.96. The minimum absolute atomic E-state index is 0.244. The molecule has 0 amide bonds. The Bertz CT molecular complexity index is 400. The van der Waals surface area contributed by atoms with Gasteiger partial charge in [-0.25, -0.2) is 0 Å². The summed E-state index contributed by atoms with van der Waals surface area (Å²) in [6, 6.07) is 4.72. The van der Waals surface area contributed by atoms with E-state index in [9.17, 15) is 0 Å². The first kappa shape index (κ1) is 11.5. The molecule has 2 rings (SSSR count). The highest BCUT2D eigenvalue weighted by molar-refractivity contribution is 5.47. The SMILES string of the molecule is COc1c(C)cc([C@@H]2[C@@H](N)C2(C)C)cc1C. The van der Waals surface area contributed by atoms with Crippen molar-refractivity contribution in [1.82, 2.24) is 0 Å². The topological polar surface area (TPSA) is 35.2 Å². The minimum atomic E-state index is 0.244. The van der Waals surface area contributed by atoms with Crippen LogP contribution < -0.4 is 10.5 Å². The molecule has 2 nitrogen and oxygen atoms in total. The Morgan fingerprint density at radius 3 is 1.94 bits per heavy atom. The molecule has 0 aliphatic heterocycles. The molecular weight excluding hydrogens is 198 g/mol. The lowest BCUT2D eigenvalue weighted by molar-refractivity contribution is 0.408. The van der Waals surface area contributed by atoms with Crippen molar-refractivity contribution in [3.8, 4) is 5.75 Å². The Labute approximate surface area is 97.8 Å². The van der Waals surface area contributed by atoms with E-state index in [1.807, 2.05) is 0 Å². The van der Waals surface area contributed by atoms with Crippen LogP contribution in [-0.4, -0.2) is 13.2 Å². The number of rotatable bonds is 2. The molecule has 0 spiro atoms. The summed E-state index contributed by atoms with van der Waals surface area (Å²) in [6.07, 6.45) is 0. The number of hydrogen-bond donors (Lipinski definition) is 1. The zero-order valence-corrected chi connectivity index (χ0v) is 10.8. The van der Waals surface area contributed by atoms with Crippen molar-refractivity contribution in [3.63, 3.8) is 0 Å². The van der Waals surface area contributed by atoms with Gasteiger partial charge in [-0.15, -0.1) is 0 Å². The van der Waals surface area contributed by atoms with Crippen LogP contribution in [0.25, 0.3) is 0 Å². The van der Waals surface area contributed by atoms with Gasteiger partial charge in [0, 0.05) is 12.0 Å². The lowest BCUT2D eigenvalue weighted by Crippen LogP contribution is -2.06. The van der Waals surface area contributed by atoms with Gasteiger partial charge in [0.15, 0.2) is 0 Å². The summed E-state index contributed by atoms with van der Waals surface area (Å²) in [7, 11) is 1.72. The standard InChI is InChI=1S/C14H21NO/c1-8-6-10(7-9(2)12(8)16-5)11-13(15)14(11,3)4/h6-7,11,13H,15H2,1-5H3/t11-,13-/m1/s1. The summed E-state index contributed by atoms with van der Waals surface area (Å²) in [5.41, 5.74) is 10.1. The second-order valence-electron chi connectivity index (χ2n) is 5.51. The smallest absolute Gasteiger partial charge is 0.124 e. The van der Waals surface area contributed by atoms with Crippen LogP contribution in [0.2, 0.25) is 0 Å². The third kappa shape index (κ3) is 1.52. The first-order valence-electron chi connectivity index (χ1n) is 5.80. The molecule has 88 valence electrons. The largest absolute Gasteiger partial charge is 0.496 e. The van der Waals surface area contributed by atoms with Crippen molar-refractivity contribution in [2.75, 3.05) is 7.11 Å². The second kappa shape index (κ2) is 3.49. The summed E-state index contributed by atoms with van der Waals surface area (Å²) >= 11 is 0. The van der Waals surface area contributed by atoms with Gasteiger partial charge in [-0.3, -0.25) is 0 Å². The fourth-order valence-electron chi connectivity index (χ4n) is 2.80. The highest BCUT2D eigenvalue weighted by Crippen LogP contribution is 2.57. The van der Waals surface area contributed by atoms with Gasteiger partial charge in [-0.05, 0) is 36.0 Å². The monoisotopic (exact) mass is 219 g/mol. The van der Waals surface area contributed by atoms with E-state index in [0.29, 0.717) is 12.0 Å². The van der Waals surface area contributed by atoms with E-state index < -0.39 is 0 Å². The van der Waals surface area contributed by atoms with Gasteiger partial charge >= 0.3 is 0 Å². The number of aryl methyl sites for hydroxylation is 2. The molecule has 0 saturated heterocycles. The van der Waals surface area contributed by atoms with Crippen molar-refractivity contribution >= 4 is 0 Å². The Morgan fingerprint density at radius 2 is 1.62 bits per heavy atom. The Hall–Kier alpha value is -1.02. The molecule has 1 aromatic carbocycles. The lowest BCUT2D eigenvalue weighted by Gasteiger charge is -2.12. The molecule has 0 aromatic heterocycles. The average molecular weight is 219 g/mol. The normalized spacial score (nSPS) is 26.6. The zero-order valence-electron chi connectivity index (χ0n) is 10.8. The molecule has 16 heavy (non-hydrogen) atoms. The molecule has 2 heteroatoms. The molecule has 1 aliphatic carbocycles. The molecule has 0 radical (unpaired) electrons. The van der Waals surface area contributed by atoms with Crippen molar-refractivity contribution in [3.05, 3.63) is 28.8 Å². The Balaban J connectivity index is 2.39. The maximum absolute atomic E-state index is 6.12. The lowest BCUT2D eigenvalue weighted by atomic mass is 9.98. The summed E-state index contributed by atoms with van der Waals surface area (Å²) in [5.74, 6) is 1.49. The van der Waals surface area contributed by atoms with Gasteiger partial charge in [-0.2, -0.15) is 0 Å². The van der Waals surface area contributed by atoms with Gasteiger partial charge < -0.3 is 10.5 Å². The van der Waals surface area contributed by atoms with Crippen molar-refractivity contribution in [2.24, 2.45) is 11.1 Å². The van der Waals surface area contributed by atoms with Gasteiger partial charge in [-0.1, -0.05) is 26.0 Å². The highest BCUT2D eigenvalue weighted by atomic mass is 16.5. The predicted molar refractivity (Wildman–Crippen MR) is 67.0 cm³/mol. The molecule has 2 atom stereocenters. The summed E-state index contributed by atoms with van der Waals surface area (Å²) in [4.78, 5) is 0. The average Bonchev–Trinajstić information content (AvgIpc) is 2.65. The maximum atomic E-state index is 6.12. The molecule has 1 saturated carbocycles. The van der Waals surface area contributed by atoms with Crippen LogP contribution >= 0.6 is 0 Å². The van der Waals surface area contributed by atoms with Crippen LogP contribution in [0.4, 0.5) is 0 Å². The number of ether oxygens (including phenoxy) is 1. The summed E-state index contributed by atoms with van der Waals surface area (Å²) in [6.45, 7) is 8.65. The minimum Gasteiger partial charge on any atom is -0.496 e. The number of benzene rings is 1. The van der Waals surface area contributed by atoms with E-state index in [-0.39, 0.29) is 5.41 Å². The van der Waals surface area contributed by atoms with Gasteiger partial charge in [0.05, 0.1) is 7.11 Å². The molecule has 1 aromatic rings. The van der Waals surface area contributed by atoms with Gasteiger partial charge in [0.1, 0.15) is 5.75 Å². The van der Waals surface area contributed by atoms with Crippen LogP contribution in [0.5, 0.6) is 5.75 Å². The van der Waals surface area contributed by atoms with Crippen LogP contribution in [0, 0.1) is 19.3 Å². The fraction of sp³-hybridized carbons (Fsp3) is 0.571. The van der Waals surface area contributed by atoms with Crippen LogP contribution in [0.3, 0.4) is 0 Å². The number of nitrogens with two attached hydrogens (primary N) is 1. The van der Waals surface area contributed by atoms with Crippen molar-refractivity contribution in [2.45, 2.75) is 39.7 Å². The molecule has 0 unspecified atom stereocenters. The molecular formula is C14H21NO. The van der Waals surface area contributed by atoms with Crippen molar-refractivity contribution < 1.29 is 4.74 Å². The second-order valence-corrected chi connectivity index (χ2v) is 5.51. The Kier molecular flexibility index (Phi) is 2.50. The van der Waals surface area contributed by atoms with E-state index in [1.54, 1.807) is 7.11 Å². The maximum Gasteiger partial charge on any atom is 0.124 e. The predicted octanol–water partition coefficient (Wildman–Crippen LogP) is 2.76. The van der Waals surface area contributed by atoms with Crippen LogP contribution in [0.1, 0.15) is 36.5 Å². The Morgan fingerprint density at radius 1 is 1.19 bits per heavy atom. The van der Waals surface area contributed by atoms with E-state index in [2.05, 4.69) is 39.8 Å². The fourth-order valence-corrected chi connectivity index (χ4v) is 2.80. The molecule has 2 N–H and O–H groups in total. The molecule has 0 heterocycles. The van der Waals surface area contributed by atoms with E-state index in [1.165, 1.54) is 16.7 Å². The molecule has 0 bridgehead atoms. The number of methoxy groups -OCH3 is 1. The molecule has 1 fully saturated rings. The van der Waals surface area contributed by atoms with Crippen LogP contribution in [0.15, 0.2) is 12.1 Å². The number of hydrogen-bond acceptors (Lipinski definition) is 2. The molecule has 1 aliphatic rings. The first-order chi connectivity index (χ1) is 7.39. The van der Waals surface area contributed by atoms with Crippen LogP contribution in [-0.2, 0) is 0 Å². The summed E-state index contributed by atoms with van der Waals surface area (Å²) < 4.78 is 5.38. The zero-order chi connectivity index (χ0) is 12.1. The van der Waals surface area contributed by atoms with E-state index >= 15 is 0 Å². The van der Waals surface area contributed by atoms with Gasteiger partial charge in [0.25, 0.3) is 0 Å².